The van der Waals surface area contributed by atoms with Gasteiger partial charge in [0.05, 0.1) is 12.7 Å². The minimum Gasteiger partial charge on any atom is -0.496 e. The van der Waals surface area contributed by atoms with Gasteiger partial charge in [-0.25, -0.2) is 4.39 Å². The van der Waals surface area contributed by atoms with E-state index in [0.717, 1.165) is 25.7 Å². The van der Waals surface area contributed by atoms with Crippen molar-refractivity contribution >= 4 is 0 Å². The average Bonchev–Trinajstić information content (AvgIpc) is 2.46. The third-order valence-electron chi connectivity index (χ3n) is 4.38. The van der Waals surface area contributed by atoms with Crippen LogP contribution in [0.4, 0.5) is 4.39 Å². The lowest BCUT2D eigenvalue weighted by Gasteiger charge is -2.42. The molecule has 112 valence electrons. The Labute approximate surface area is 119 Å². The molecule has 1 fully saturated rings. The number of rotatable bonds is 4. The van der Waals surface area contributed by atoms with Gasteiger partial charge in [-0.15, -0.1) is 0 Å². The molecule has 3 nitrogen and oxygen atoms in total. The van der Waals surface area contributed by atoms with Crippen LogP contribution in [0.2, 0.25) is 0 Å². The van der Waals surface area contributed by atoms with E-state index in [0.29, 0.717) is 17.2 Å². The number of methoxy groups -OCH3 is 2. The fourth-order valence-electron chi connectivity index (χ4n) is 3.29. The minimum absolute atomic E-state index is 0.380. The number of hydrogen-bond donors (Lipinski definition) is 1. The van der Waals surface area contributed by atoms with Crippen molar-refractivity contribution < 1.29 is 19.0 Å². The van der Waals surface area contributed by atoms with Gasteiger partial charge in [0.25, 0.3) is 0 Å². The second-order valence-electron chi connectivity index (χ2n) is 5.76. The molecule has 0 aromatic heterocycles. The molecule has 1 aliphatic rings. The van der Waals surface area contributed by atoms with E-state index in [9.17, 15) is 9.50 Å². The molecule has 2 rings (SSSR count). The number of hydrogen-bond acceptors (Lipinski definition) is 3. The third-order valence-corrected chi connectivity index (χ3v) is 4.38. The first-order chi connectivity index (χ1) is 9.52. The van der Waals surface area contributed by atoms with Crippen molar-refractivity contribution in [1.82, 2.24) is 0 Å². The predicted octanol–water partition coefficient (Wildman–Crippen LogP) is 3.46. The lowest BCUT2D eigenvalue weighted by Crippen LogP contribution is -2.42. The summed E-state index contributed by atoms with van der Waals surface area (Å²) in [6.45, 7) is 2.16. The second-order valence-corrected chi connectivity index (χ2v) is 5.76. The van der Waals surface area contributed by atoms with Gasteiger partial charge >= 0.3 is 0 Å². The summed E-state index contributed by atoms with van der Waals surface area (Å²) in [6, 6.07) is 4.21. The van der Waals surface area contributed by atoms with E-state index >= 15 is 0 Å². The van der Waals surface area contributed by atoms with Crippen molar-refractivity contribution in [3.05, 3.63) is 29.6 Å². The molecule has 0 amide bonds. The summed E-state index contributed by atoms with van der Waals surface area (Å²) >= 11 is 0. The van der Waals surface area contributed by atoms with E-state index < -0.39 is 11.7 Å². The van der Waals surface area contributed by atoms with Crippen molar-refractivity contribution in [2.75, 3.05) is 14.2 Å². The molecule has 1 aliphatic carbocycles. The van der Waals surface area contributed by atoms with Gasteiger partial charge in [-0.1, -0.05) is 19.8 Å². The van der Waals surface area contributed by atoms with Crippen molar-refractivity contribution in [2.45, 2.75) is 44.3 Å². The molecule has 0 bridgehead atoms. The maximum atomic E-state index is 13.5. The molecule has 1 aromatic carbocycles. The normalized spacial score (nSPS) is 28.1. The molecule has 0 spiro atoms. The predicted molar refractivity (Wildman–Crippen MR) is 75.3 cm³/mol. The number of benzene rings is 1. The number of aliphatic hydroxyl groups excluding tert-OH is 1. The molecule has 0 saturated heterocycles. The minimum atomic E-state index is -0.888. The van der Waals surface area contributed by atoms with Crippen LogP contribution < -0.4 is 4.74 Å². The average molecular weight is 282 g/mol. The molecule has 1 aromatic rings. The summed E-state index contributed by atoms with van der Waals surface area (Å²) in [5.74, 6) is 0.599. The molecule has 1 saturated carbocycles. The first-order valence-electron chi connectivity index (χ1n) is 7.09. The first kappa shape index (κ1) is 15.3. The molecule has 4 heteroatoms. The van der Waals surface area contributed by atoms with Crippen LogP contribution >= 0.6 is 0 Å². The highest BCUT2D eigenvalue weighted by Crippen LogP contribution is 2.45. The van der Waals surface area contributed by atoms with Gasteiger partial charge in [0, 0.05) is 12.7 Å². The van der Waals surface area contributed by atoms with Crippen LogP contribution in [0.15, 0.2) is 18.2 Å². The van der Waals surface area contributed by atoms with E-state index in [-0.39, 0.29) is 5.82 Å². The number of halogens is 1. The third kappa shape index (κ3) is 2.81. The van der Waals surface area contributed by atoms with Crippen molar-refractivity contribution in [2.24, 2.45) is 5.92 Å². The Hall–Kier alpha value is -1.13. The van der Waals surface area contributed by atoms with Gasteiger partial charge in [-0.2, -0.15) is 0 Å². The van der Waals surface area contributed by atoms with Crippen LogP contribution in [0.1, 0.15) is 44.3 Å². The quantitative estimate of drug-likeness (QED) is 0.919. The smallest absolute Gasteiger partial charge is 0.124 e. The highest BCUT2D eigenvalue weighted by atomic mass is 19.1. The molecule has 0 radical (unpaired) electrons. The second kappa shape index (κ2) is 6.10. The molecule has 3 atom stereocenters. The zero-order valence-corrected chi connectivity index (χ0v) is 12.4. The van der Waals surface area contributed by atoms with Crippen LogP contribution in [0.25, 0.3) is 0 Å². The number of ether oxygens (including phenoxy) is 2. The largest absolute Gasteiger partial charge is 0.496 e. The standard InChI is InChI=1S/C16H23FO3/c1-11-5-4-8-16(10-11,20-3)15(18)13-9-12(17)6-7-14(13)19-2/h6-7,9,11,15,18H,4-5,8,10H2,1-3H3. The van der Waals surface area contributed by atoms with E-state index in [1.54, 1.807) is 13.2 Å². The highest BCUT2D eigenvalue weighted by Gasteiger charge is 2.43. The topological polar surface area (TPSA) is 38.7 Å². The zero-order chi connectivity index (χ0) is 14.8. The molecular weight excluding hydrogens is 259 g/mol. The monoisotopic (exact) mass is 282 g/mol. The van der Waals surface area contributed by atoms with Gasteiger partial charge in [0.15, 0.2) is 0 Å². The van der Waals surface area contributed by atoms with Crippen molar-refractivity contribution in [1.29, 1.82) is 0 Å². The summed E-state index contributed by atoms with van der Waals surface area (Å²) in [6.07, 6.45) is 2.79. The van der Waals surface area contributed by atoms with Gasteiger partial charge < -0.3 is 14.6 Å². The lowest BCUT2D eigenvalue weighted by atomic mass is 9.74. The molecule has 0 aliphatic heterocycles. The Morgan fingerprint density at radius 3 is 2.75 bits per heavy atom. The molecule has 0 heterocycles. The summed E-state index contributed by atoms with van der Waals surface area (Å²) < 4.78 is 24.4. The van der Waals surface area contributed by atoms with Crippen molar-refractivity contribution in [3.8, 4) is 5.75 Å². The van der Waals surface area contributed by atoms with Crippen LogP contribution in [0.3, 0.4) is 0 Å². The fraction of sp³-hybridized carbons (Fsp3) is 0.625. The van der Waals surface area contributed by atoms with Gasteiger partial charge in [-0.05, 0) is 37.0 Å². The molecule has 1 N–H and O–H groups in total. The maximum Gasteiger partial charge on any atom is 0.124 e. The summed E-state index contributed by atoms with van der Waals surface area (Å²) in [5, 5.41) is 10.8. The SMILES string of the molecule is COc1ccc(F)cc1C(O)C1(OC)CCCC(C)C1. The summed E-state index contributed by atoms with van der Waals surface area (Å²) in [4.78, 5) is 0. The Balaban J connectivity index is 2.37. The molecular formula is C16H23FO3. The van der Waals surface area contributed by atoms with Gasteiger partial charge in [-0.3, -0.25) is 0 Å². The Morgan fingerprint density at radius 2 is 2.15 bits per heavy atom. The van der Waals surface area contributed by atoms with E-state index in [1.165, 1.54) is 19.2 Å². The Bertz CT molecular complexity index is 463. The molecule has 3 unspecified atom stereocenters. The van der Waals surface area contributed by atoms with Crippen LogP contribution in [0.5, 0.6) is 5.75 Å². The maximum absolute atomic E-state index is 13.5. The Kier molecular flexibility index (Phi) is 4.66. The Morgan fingerprint density at radius 1 is 1.40 bits per heavy atom. The van der Waals surface area contributed by atoms with E-state index in [1.807, 2.05) is 0 Å². The fourth-order valence-corrected chi connectivity index (χ4v) is 3.29. The summed E-state index contributed by atoms with van der Waals surface area (Å²) in [7, 11) is 3.14. The van der Waals surface area contributed by atoms with Crippen LogP contribution in [-0.2, 0) is 4.74 Å². The van der Waals surface area contributed by atoms with Gasteiger partial charge in [0.2, 0.25) is 0 Å². The molecule has 20 heavy (non-hydrogen) atoms. The van der Waals surface area contributed by atoms with Crippen molar-refractivity contribution in [3.63, 3.8) is 0 Å². The number of aliphatic hydroxyl groups is 1. The van der Waals surface area contributed by atoms with E-state index in [4.69, 9.17) is 9.47 Å². The summed E-state index contributed by atoms with van der Waals surface area (Å²) in [5.41, 5.74) is -0.192. The lowest BCUT2D eigenvalue weighted by molar-refractivity contribution is -0.134. The highest BCUT2D eigenvalue weighted by molar-refractivity contribution is 5.37. The van der Waals surface area contributed by atoms with Gasteiger partial charge in [0.1, 0.15) is 17.7 Å². The first-order valence-corrected chi connectivity index (χ1v) is 7.09. The zero-order valence-electron chi connectivity index (χ0n) is 12.4. The van der Waals surface area contributed by atoms with E-state index in [2.05, 4.69) is 6.92 Å². The van der Waals surface area contributed by atoms with Crippen LogP contribution in [-0.4, -0.2) is 24.9 Å². The van der Waals surface area contributed by atoms with Crippen LogP contribution in [0, 0.1) is 11.7 Å².